The van der Waals surface area contributed by atoms with Gasteiger partial charge in [-0.05, 0) is 36.6 Å². The van der Waals surface area contributed by atoms with Gasteiger partial charge in [0.05, 0.1) is 6.10 Å². The van der Waals surface area contributed by atoms with Gasteiger partial charge in [0.2, 0.25) is 5.91 Å². The van der Waals surface area contributed by atoms with E-state index in [1.807, 2.05) is 0 Å². The molecule has 0 aromatic heterocycles. The predicted octanol–water partition coefficient (Wildman–Crippen LogP) is 3.67. The first kappa shape index (κ1) is 16.3. The van der Waals surface area contributed by atoms with E-state index in [1.54, 1.807) is 24.3 Å². The van der Waals surface area contributed by atoms with Crippen LogP contribution in [0.5, 0.6) is 0 Å². The summed E-state index contributed by atoms with van der Waals surface area (Å²) in [5.41, 5.74) is 0.744. The van der Waals surface area contributed by atoms with Crippen LogP contribution in [0.2, 0.25) is 10.0 Å². The summed E-state index contributed by atoms with van der Waals surface area (Å²) in [4.78, 5) is 11.8. The van der Waals surface area contributed by atoms with Gasteiger partial charge >= 0.3 is 0 Å². The SMILES string of the molecule is O=C(C=Cc1ccc(Cl)cc1Cl)NCC1CCCCC1O. The Morgan fingerprint density at radius 2 is 2.10 bits per heavy atom. The lowest BCUT2D eigenvalue weighted by atomic mass is 9.86. The zero-order chi connectivity index (χ0) is 15.2. The van der Waals surface area contributed by atoms with Crippen molar-refractivity contribution in [3.8, 4) is 0 Å². The van der Waals surface area contributed by atoms with E-state index in [-0.39, 0.29) is 17.9 Å². The molecule has 0 aliphatic heterocycles. The van der Waals surface area contributed by atoms with Crippen LogP contribution in [0.1, 0.15) is 31.2 Å². The number of hydrogen-bond acceptors (Lipinski definition) is 2. The molecule has 0 bridgehead atoms. The number of amides is 1. The number of carbonyl (C=O) groups excluding carboxylic acids is 1. The zero-order valence-corrected chi connectivity index (χ0v) is 13.2. The van der Waals surface area contributed by atoms with Gasteiger partial charge in [-0.1, -0.05) is 42.1 Å². The maximum Gasteiger partial charge on any atom is 0.244 e. The Bertz CT molecular complexity index is 531. The minimum Gasteiger partial charge on any atom is -0.393 e. The molecule has 1 amide bonds. The minimum atomic E-state index is -0.297. The van der Waals surface area contributed by atoms with Crippen LogP contribution >= 0.6 is 23.2 Å². The molecular weight excluding hydrogens is 309 g/mol. The lowest BCUT2D eigenvalue weighted by molar-refractivity contribution is -0.116. The Morgan fingerprint density at radius 1 is 1.33 bits per heavy atom. The van der Waals surface area contributed by atoms with Crippen LogP contribution in [0.15, 0.2) is 24.3 Å². The smallest absolute Gasteiger partial charge is 0.244 e. The Kier molecular flexibility index (Phi) is 6.09. The van der Waals surface area contributed by atoms with Crippen molar-refractivity contribution in [3.63, 3.8) is 0 Å². The Morgan fingerprint density at radius 3 is 2.81 bits per heavy atom. The number of nitrogens with one attached hydrogen (secondary N) is 1. The predicted molar refractivity (Wildman–Crippen MR) is 86.5 cm³/mol. The van der Waals surface area contributed by atoms with Crippen LogP contribution in [-0.4, -0.2) is 23.7 Å². The normalized spacial score (nSPS) is 22.4. The van der Waals surface area contributed by atoms with E-state index >= 15 is 0 Å². The van der Waals surface area contributed by atoms with Crippen molar-refractivity contribution < 1.29 is 9.90 Å². The molecule has 1 aliphatic carbocycles. The number of hydrogen-bond donors (Lipinski definition) is 2. The Hall–Kier alpha value is -1.03. The van der Waals surface area contributed by atoms with Gasteiger partial charge in [0.25, 0.3) is 0 Å². The van der Waals surface area contributed by atoms with Gasteiger partial charge < -0.3 is 10.4 Å². The topological polar surface area (TPSA) is 49.3 Å². The molecule has 2 N–H and O–H groups in total. The summed E-state index contributed by atoms with van der Waals surface area (Å²) >= 11 is 11.8. The molecule has 5 heteroatoms. The fraction of sp³-hybridized carbons (Fsp3) is 0.438. The van der Waals surface area contributed by atoms with Gasteiger partial charge in [0.15, 0.2) is 0 Å². The fourth-order valence-electron chi connectivity index (χ4n) is 2.52. The summed E-state index contributed by atoms with van der Waals surface area (Å²) in [6.45, 7) is 0.513. The molecule has 2 rings (SSSR count). The number of rotatable bonds is 4. The van der Waals surface area contributed by atoms with E-state index in [0.29, 0.717) is 16.6 Å². The van der Waals surface area contributed by atoms with Gasteiger partial charge in [-0.25, -0.2) is 0 Å². The minimum absolute atomic E-state index is 0.162. The number of halogens is 2. The van der Waals surface area contributed by atoms with E-state index in [1.165, 1.54) is 6.08 Å². The van der Waals surface area contributed by atoms with Gasteiger partial charge in [-0.2, -0.15) is 0 Å². The second-order valence-corrected chi connectivity index (χ2v) is 6.20. The highest BCUT2D eigenvalue weighted by Gasteiger charge is 2.22. The summed E-state index contributed by atoms with van der Waals surface area (Å²) < 4.78 is 0. The maximum atomic E-state index is 11.8. The van der Waals surface area contributed by atoms with E-state index in [9.17, 15) is 9.90 Å². The van der Waals surface area contributed by atoms with E-state index in [2.05, 4.69) is 5.32 Å². The number of aliphatic hydroxyl groups is 1. The highest BCUT2D eigenvalue weighted by Crippen LogP contribution is 2.24. The molecule has 1 aliphatic rings. The first-order chi connectivity index (χ1) is 10.1. The molecule has 1 aromatic carbocycles. The largest absolute Gasteiger partial charge is 0.393 e. The zero-order valence-electron chi connectivity index (χ0n) is 11.7. The molecule has 114 valence electrons. The quantitative estimate of drug-likeness (QED) is 0.829. The van der Waals surface area contributed by atoms with Crippen molar-refractivity contribution in [3.05, 3.63) is 39.9 Å². The first-order valence-corrected chi connectivity index (χ1v) is 7.91. The monoisotopic (exact) mass is 327 g/mol. The highest BCUT2D eigenvalue weighted by atomic mass is 35.5. The van der Waals surface area contributed by atoms with Crippen LogP contribution in [-0.2, 0) is 4.79 Å². The maximum absolute atomic E-state index is 11.8. The molecule has 1 aromatic rings. The third kappa shape index (κ3) is 5.03. The van der Waals surface area contributed by atoms with Crippen LogP contribution in [0.25, 0.3) is 6.08 Å². The van der Waals surface area contributed by atoms with Crippen molar-refractivity contribution in [2.24, 2.45) is 5.92 Å². The molecule has 0 saturated heterocycles. The second-order valence-electron chi connectivity index (χ2n) is 5.36. The fourth-order valence-corrected chi connectivity index (χ4v) is 2.99. The molecule has 1 saturated carbocycles. The van der Waals surface area contributed by atoms with Gasteiger partial charge in [-0.3, -0.25) is 4.79 Å². The van der Waals surface area contributed by atoms with Crippen molar-refractivity contribution >= 4 is 35.2 Å². The van der Waals surface area contributed by atoms with Crippen LogP contribution in [0.3, 0.4) is 0 Å². The van der Waals surface area contributed by atoms with Gasteiger partial charge in [0, 0.05) is 28.6 Å². The Labute approximate surface area is 134 Å². The summed E-state index contributed by atoms with van der Waals surface area (Å²) in [7, 11) is 0. The molecule has 1 fully saturated rings. The standard InChI is InChI=1S/C16H19Cl2NO2/c17-13-7-5-11(14(18)9-13)6-8-16(21)19-10-12-3-1-2-4-15(12)20/h5-9,12,15,20H,1-4,10H2,(H,19,21). The first-order valence-electron chi connectivity index (χ1n) is 7.15. The second kappa shape index (κ2) is 7.83. The van der Waals surface area contributed by atoms with Crippen molar-refractivity contribution in [2.45, 2.75) is 31.8 Å². The summed E-state index contributed by atoms with van der Waals surface area (Å²) in [5, 5.41) is 13.8. The van der Waals surface area contributed by atoms with Gasteiger partial charge in [0.1, 0.15) is 0 Å². The Balaban J connectivity index is 1.85. The van der Waals surface area contributed by atoms with Crippen LogP contribution in [0.4, 0.5) is 0 Å². The number of aliphatic hydroxyl groups excluding tert-OH is 1. The van der Waals surface area contributed by atoms with E-state index < -0.39 is 0 Å². The molecule has 2 unspecified atom stereocenters. The van der Waals surface area contributed by atoms with Crippen molar-refractivity contribution in [1.82, 2.24) is 5.32 Å². The number of benzene rings is 1. The van der Waals surface area contributed by atoms with E-state index in [4.69, 9.17) is 23.2 Å². The molecule has 0 spiro atoms. The molecule has 3 nitrogen and oxygen atoms in total. The molecular formula is C16H19Cl2NO2. The highest BCUT2D eigenvalue weighted by molar-refractivity contribution is 6.35. The summed E-state index contributed by atoms with van der Waals surface area (Å²) in [5.74, 6) is -0.0194. The van der Waals surface area contributed by atoms with Crippen molar-refractivity contribution in [1.29, 1.82) is 0 Å². The average Bonchev–Trinajstić information content (AvgIpc) is 2.45. The third-order valence-electron chi connectivity index (χ3n) is 3.78. The summed E-state index contributed by atoms with van der Waals surface area (Å²) in [6.07, 6.45) is 6.79. The van der Waals surface area contributed by atoms with Crippen LogP contribution < -0.4 is 5.32 Å². The van der Waals surface area contributed by atoms with Gasteiger partial charge in [-0.15, -0.1) is 0 Å². The molecule has 0 radical (unpaired) electrons. The van der Waals surface area contributed by atoms with Crippen LogP contribution in [0, 0.1) is 5.92 Å². The van der Waals surface area contributed by atoms with E-state index in [0.717, 1.165) is 31.2 Å². The molecule has 0 heterocycles. The lowest BCUT2D eigenvalue weighted by Crippen LogP contribution is -2.36. The lowest BCUT2D eigenvalue weighted by Gasteiger charge is -2.27. The van der Waals surface area contributed by atoms with Crippen molar-refractivity contribution in [2.75, 3.05) is 6.54 Å². The molecule has 2 atom stereocenters. The number of carbonyl (C=O) groups is 1. The molecule has 21 heavy (non-hydrogen) atoms. The average molecular weight is 328 g/mol. The third-order valence-corrected chi connectivity index (χ3v) is 4.35. The summed E-state index contributed by atoms with van der Waals surface area (Å²) in [6, 6.07) is 5.13.